The van der Waals surface area contributed by atoms with Crippen molar-refractivity contribution in [1.29, 1.82) is 0 Å². The fourth-order valence-corrected chi connectivity index (χ4v) is 3.43. The van der Waals surface area contributed by atoms with E-state index >= 15 is 0 Å². The van der Waals surface area contributed by atoms with Gasteiger partial charge in [0.05, 0.1) is 12.0 Å². The number of rotatable bonds is 6. The fraction of sp³-hybridized carbons (Fsp3) is 0.143. The second-order valence-corrected chi connectivity index (χ2v) is 7.70. The maximum atomic E-state index is 12.5. The van der Waals surface area contributed by atoms with E-state index in [1.165, 1.54) is 11.1 Å². The first kappa shape index (κ1) is 20.4. The standard InChI is InChI=1S/C28H24N2O/c1-21(17-27-19-29-20-30-27)28(31)18-24-11-9-22(10-12-24)7-8-23-13-15-26(16-14-23)25-5-3-2-4-6-25/h2-6,9-16,19-21H,17-18H2,1H3,(H,29,30)/t21-/m0/s1. The molecule has 1 aromatic heterocycles. The van der Waals surface area contributed by atoms with Gasteiger partial charge in [-0.1, -0.05) is 73.4 Å². The molecule has 0 saturated carbocycles. The molecule has 0 fully saturated rings. The molecule has 31 heavy (non-hydrogen) atoms. The SMILES string of the molecule is C[C@@H](Cc1c[nH]cn1)C(=O)Cc1ccc(C#Cc2ccc(-c3ccccc3)cc2)cc1. The molecule has 4 aromatic rings. The molecule has 1 heterocycles. The van der Waals surface area contributed by atoms with Crippen LogP contribution in [-0.2, 0) is 17.6 Å². The van der Waals surface area contributed by atoms with E-state index in [-0.39, 0.29) is 11.7 Å². The number of hydrogen-bond donors (Lipinski definition) is 1. The van der Waals surface area contributed by atoms with Gasteiger partial charge in [0.1, 0.15) is 5.78 Å². The van der Waals surface area contributed by atoms with Gasteiger partial charge in [-0.3, -0.25) is 4.79 Å². The van der Waals surface area contributed by atoms with E-state index in [1.54, 1.807) is 6.33 Å². The highest BCUT2D eigenvalue weighted by Crippen LogP contribution is 2.19. The number of carbonyl (C=O) groups excluding carboxylic acids is 1. The second-order valence-electron chi connectivity index (χ2n) is 7.70. The number of nitrogens with zero attached hydrogens (tertiary/aromatic N) is 1. The maximum absolute atomic E-state index is 12.5. The number of carbonyl (C=O) groups is 1. The van der Waals surface area contributed by atoms with Crippen molar-refractivity contribution in [3.63, 3.8) is 0 Å². The summed E-state index contributed by atoms with van der Waals surface area (Å²) in [6.45, 7) is 1.96. The van der Waals surface area contributed by atoms with Crippen LogP contribution in [0.2, 0.25) is 0 Å². The number of imidazole rings is 1. The molecule has 3 nitrogen and oxygen atoms in total. The van der Waals surface area contributed by atoms with Crippen LogP contribution < -0.4 is 0 Å². The average Bonchev–Trinajstić information content (AvgIpc) is 3.32. The third-order valence-corrected chi connectivity index (χ3v) is 5.30. The molecule has 4 rings (SSSR count). The lowest BCUT2D eigenvalue weighted by Gasteiger charge is -2.09. The summed E-state index contributed by atoms with van der Waals surface area (Å²) in [5, 5.41) is 0. The summed E-state index contributed by atoms with van der Waals surface area (Å²) in [5.41, 5.74) is 6.23. The molecule has 0 aliphatic carbocycles. The zero-order chi connectivity index (χ0) is 21.5. The predicted molar refractivity (Wildman–Crippen MR) is 124 cm³/mol. The minimum Gasteiger partial charge on any atom is -0.351 e. The van der Waals surface area contributed by atoms with E-state index in [2.05, 4.69) is 46.1 Å². The maximum Gasteiger partial charge on any atom is 0.140 e. The molecule has 1 N–H and O–H groups in total. The predicted octanol–water partition coefficient (Wildman–Crippen LogP) is 5.47. The summed E-state index contributed by atoms with van der Waals surface area (Å²) in [6, 6.07) is 26.5. The highest BCUT2D eigenvalue weighted by molar-refractivity contribution is 5.83. The minimum absolute atomic E-state index is 0.0541. The minimum atomic E-state index is -0.0541. The molecule has 0 amide bonds. The van der Waals surface area contributed by atoms with E-state index in [1.807, 2.05) is 67.7 Å². The Balaban J connectivity index is 1.36. The lowest BCUT2D eigenvalue weighted by molar-refractivity contribution is -0.121. The molecular weight excluding hydrogens is 380 g/mol. The zero-order valence-electron chi connectivity index (χ0n) is 17.5. The van der Waals surface area contributed by atoms with E-state index < -0.39 is 0 Å². The number of H-pyrrole nitrogens is 1. The van der Waals surface area contributed by atoms with Crippen LogP contribution in [0.25, 0.3) is 11.1 Å². The van der Waals surface area contributed by atoms with Crippen LogP contribution in [0.4, 0.5) is 0 Å². The van der Waals surface area contributed by atoms with Crippen molar-refractivity contribution < 1.29 is 4.79 Å². The average molecular weight is 405 g/mol. The van der Waals surface area contributed by atoms with Crippen molar-refractivity contribution >= 4 is 5.78 Å². The van der Waals surface area contributed by atoms with Crippen molar-refractivity contribution in [2.45, 2.75) is 19.8 Å². The third kappa shape index (κ3) is 5.58. The van der Waals surface area contributed by atoms with Gasteiger partial charge in [0.2, 0.25) is 0 Å². The molecule has 1 atom stereocenters. The number of aromatic amines is 1. The van der Waals surface area contributed by atoms with E-state index in [0.717, 1.165) is 22.4 Å². The molecule has 0 unspecified atom stereocenters. The molecular formula is C28H24N2O. The lowest BCUT2D eigenvalue weighted by atomic mass is 9.95. The van der Waals surface area contributed by atoms with Crippen LogP contribution >= 0.6 is 0 Å². The Morgan fingerprint density at radius 1 is 0.871 bits per heavy atom. The van der Waals surface area contributed by atoms with Crippen LogP contribution in [0.15, 0.2) is 91.4 Å². The number of hydrogen-bond acceptors (Lipinski definition) is 2. The topological polar surface area (TPSA) is 45.8 Å². The summed E-state index contributed by atoms with van der Waals surface area (Å²) in [4.78, 5) is 19.6. The lowest BCUT2D eigenvalue weighted by Crippen LogP contribution is -2.16. The Bertz CT molecular complexity index is 1180. The first-order chi connectivity index (χ1) is 15.2. The Kier molecular flexibility index (Phi) is 6.40. The van der Waals surface area contributed by atoms with E-state index in [9.17, 15) is 4.79 Å². The zero-order valence-corrected chi connectivity index (χ0v) is 17.5. The van der Waals surface area contributed by atoms with Crippen molar-refractivity contribution in [2.24, 2.45) is 5.92 Å². The number of nitrogens with one attached hydrogen (secondary N) is 1. The number of aromatic nitrogens is 2. The molecule has 3 aromatic carbocycles. The van der Waals surface area contributed by atoms with Gasteiger partial charge in [-0.15, -0.1) is 0 Å². The van der Waals surface area contributed by atoms with Gasteiger partial charge in [-0.2, -0.15) is 0 Å². The molecule has 0 aliphatic rings. The number of benzene rings is 3. The van der Waals surface area contributed by atoms with Gasteiger partial charge in [-0.05, 0) is 41.0 Å². The van der Waals surface area contributed by atoms with Crippen molar-refractivity contribution in [1.82, 2.24) is 9.97 Å². The smallest absolute Gasteiger partial charge is 0.140 e. The van der Waals surface area contributed by atoms with Crippen LogP contribution in [0, 0.1) is 17.8 Å². The normalized spacial score (nSPS) is 11.4. The van der Waals surface area contributed by atoms with Crippen molar-refractivity contribution in [2.75, 3.05) is 0 Å². The molecule has 0 aliphatic heterocycles. The van der Waals surface area contributed by atoms with Gasteiger partial charge < -0.3 is 4.98 Å². The molecule has 3 heteroatoms. The summed E-state index contributed by atoms with van der Waals surface area (Å²) in [5.74, 6) is 6.59. The van der Waals surface area contributed by atoms with Crippen LogP contribution in [0.3, 0.4) is 0 Å². The largest absolute Gasteiger partial charge is 0.351 e. The number of Topliss-reactive ketones (excluding diaryl/α,β-unsaturated/α-hetero) is 1. The first-order valence-electron chi connectivity index (χ1n) is 10.4. The van der Waals surface area contributed by atoms with Crippen LogP contribution in [-0.4, -0.2) is 15.8 Å². The quantitative estimate of drug-likeness (QED) is 0.433. The summed E-state index contributed by atoms with van der Waals surface area (Å²) in [7, 11) is 0. The van der Waals surface area contributed by atoms with E-state index in [0.29, 0.717) is 12.8 Å². The van der Waals surface area contributed by atoms with Crippen LogP contribution in [0.1, 0.15) is 29.3 Å². The highest BCUT2D eigenvalue weighted by atomic mass is 16.1. The monoisotopic (exact) mass is 404 g/mol. The Labute approximate surface area is 183 Å². The molecule has 0 bridgehead atoms. The van der Waals surface area contributed by atoms with Crippen molar-refractivity contribution in [3.8, 4) is 23.0 Å². The molecule has 152 valence electrons. The fourth-order valence-electron chi connectivity index (χ4n) is 3.43. The van der Waals surface area contributed by atoms with Gasteiger partial charge in [0.25, 0.3) is 0 Å². The third-order valence-electron chi connectivity index (χ3n) is 5.30. The summed E-state index contributed by atoms with van der Waals surface area (Å²) in [6.07, 6.45) is 4.57. The van der Waals surface area contributed by atoms with E-state index in [4.69, 9.17) is 0 Å². The Morgan fingerprint density at radius 3 is 2.10 bits per heavy atom. The van der Waals surface area contributed by atoms with Gasteiger partial charge in [-0.25, -0.2) is 4.98 Å². The van der Waals surface area contributed by atoms with Gasteiger partial charge in [0.15, 0.2) is 0 Å². The Hall–Kier alpha value is -3.90. The van der Waals surface area contributed by atoms with Gasteiger partial charge in [0, 0.05) is 36.1 Å². The Morgan fingerprint density at radius 2 is 1.48 bits per heavy atom. The van der Waals surface area contributed by atoms with Gasteiger partial charge >= 0.3 is 0 Å². The highest BCUT2D eigenvalue weighted by Gasteiger charge is 2.15. The summed E-state index contributed by atoms with van der Waals surface area (Å²) >= 11 is 0. The van der Waals surface area contributed by atoms with Crippen molar-refractivity contribution in [3.05, 3.63) is 114 Å². The number of ketones is 1. The molecule has 0 saturated heterocycles. The molecule has 0 spiro atoms. The summed E-state index contributed by atoms with van der Waals surface area (Å²) < 4.78 is 0. The van der Waals surface area contributed by atoms with Crippen LogP contribution in [0.5, 0.6) is 0 Å². The first-order valence-corrected chi connectivity index (χ1v) is 10.4. The second kappa shape index (κ2) is 9.73. The molecule has 0 radical (unpaired) electrons.